The molecule has 1 N–H and O–H groups in total. The summed E-state index contributed by atoms with van der Waals surface area (Å²) in [4.78, 5) is 7.68. The molecule has 1 aromatic carbocycles. The molecule has 0 saturated carbocycles. The Morgan fingerprint density at radius 3 is 2.54 bits per heavy atom. The van der Waals surface area contributed by atoms with Crippen LogP contribution in [0.5, 0.6) is 0 Å². The number of nitrogens with zero attached hydrogens (tertiary/aromatic N) is 5. The van der Waals surface area contributed by atoms with Crippen LogP contribution in [0.3, 0.4) is 0 Å². The van der Waals surface area contributed by atoms with Crippen LogP contribution in [0.4, 0.5) is 0 Å². The molecule has 1 aromatic heterocycles. The van der Waals surface area contributed by atoms with Crippen molar-refractivity contribution in [1.82, 2.24) is 24.5 Å². The van der Waals surface area contributed by atoms with Gasteiger partial charge >= 0.3 is 0 Å². The first-order chi connectivity index (χ1) is 13.7. The number of benzene rings is 1. The standard InChI is InChI=1S/C22H33N5O/c1-24-12-7-20(8-13-24)26-15-14-25(18-22(26)9-16-28)17-19-3-5-21(6-4-19)27-11-2-10-23-27/h2-6,10-11,20,22,28H,7-9,12-18H2,1H3. The highest BCUT2D eigenvalue weighted by molar-refractivity contribution is 5.33. The predicted molar refractivity (Wildman–Crippen MR) is 112 cm³/mol. The molecule has 1 unspecified atom stereocenters. The fraction of sp³-hybridized carbons (Fsp3) is 0.591. The predicted octanol–water partition coefficient (Wildman–Crippen LogP) is 1.84. The Hall–Kier alpha value is -1.73. The van der Waals surface area contributed by atoms with Crippen LogP contribution in [0.15, 0.2) is 42.7 Å². The van der Waals surface area contributed by atoms with E-state index < -0.39 is 0 Å². The van der Waals surface area contributed by atoms with E-state index >= 15 is 0 Å². The molecule has 0 spiro atoms. The number of piperazine rings is 1. The van der Waals surface area contributed by atoms with Gasteiger partial charge in [0.2, 0.25) is 0 Å². The maximum atomic E-state index is 9.61. The lowest BCUT2D eigenvalue weighted by atomic mass is 9.98. The van der Waals surface area contributed by atoms with Crippen molar-refractivity contribution in [3.63, 3.8) is 0 Å². The number of likely N-dealkylation sites (tertiary alicyclic amines) is 1. The van der Waals surface area contributed by atoms with E-state index in [2.05, 4.69) is 51.1 Å². The van der Waals surface area contributed by atoms with Gasteiger partial charge in [-0.25, -0.2) is 4.68 Å². The average Bonchev–Trinajstić information content (AvgIpc) is 3.25. The normalized spacial score (nSPS) is 23.3. The van der Waals surface area contributed by atoms with Gasteiger partial charge in [-0.2, -0.15) is 5.10 Å². The second-order valence-electron chi connectivity index (χ2n) is 8.29. The van der Waals surface area contributed by atoms with E-state index in [1.165, 1.54) is 31.5 Å². The molecule has 2 saturated heterocycles. The third-order valence-corrected chi connectivity index (χ3v) is 6.34. The van der Waals surface area contributed by atoms with Gasteiger partial charge in [0, 0.05) is 57.3 Å². The quantitative estimate of drug-likeness (QED) is 0.825. The maximum Gasteiger partial charge on any atom is 0.0645 e. The second kappa shape index (κ2) is 9.18. The molecule has 0 aliphatic carbocycles. The number of aliphatic hydroxyl groups excluding tert-OH is 1. The Labute approximate surface area is 168 Å². The van der Waals surface area contributed by atoms with Crippen LogP contribution in [0.25, 0.3) is 5.69 Å². The fourth-order valence-electron chi connectivity index (χ4n) is 4.72. The summed E-state index contributed by atoms with van der Waals surface area (Å²) >= 11 is 0. The molecule has 2 fully saturated rings. The third kappa shape index (κ3) is 4.63. The average molecular weight is 384 g/mol. The minimum Gasteiger partial charge on any atom is -0.396 e. The van der Waals surface area contributed by atoms with E-state index in [-0.39, 0.29) is 6.61 Å². The van der Waals surface area contributed by atoms with E-state index in [1.807, 2.05) is 16.9 Å². The molecule has 2 aliphatic rings. The van der Waals surface area contributed by atoms with Crippen LogP contribution in [0.1, 0.15) is 24.8 Å². The molecule has 0 bridgehead atoms. The highest BCUT2D eigenvalue weighted by Crippen LogP contribution is 2.24. The van der Waals surface area contributed by atoms with Gasteiger partial charge in [0.15, 0.2) is 0 Å². The molecule has 152 valence electrons. The van der Waals surface area contributed by atoms with Crippen molar-refractivity contribution in [3.8, 4) is 5.69 Å². The molecule has 1 atom stereocenters. The zero-order valence-corrected chi connectivity index (χ0v) is 17.0. The van der Waals surface area contributed by atoms with Gasteiger partial charge in [-0.05, 0) is 63.2 Å². The molecule has 28 heavy (non-hydrogen) atoms. The summed E-state index contributed by atoms with van der Waals surface area (Å²) < 4.78 is 1.89. The molecule has 6 heteroatoms. The minimum absolute atomic E-state index is 0.278. The smallest absolute Gasteiger partial charge is 0.0645 e. The van der Waals surface area contributed by atoms with Crippen LogP contribution in [-0.2, 0) is 6.54 Å². The summed E-state index contributed by atoms with van der Waals surface area (Å²) in [6.45, 7) is 6.91. The van der Waals surface area contributed by atoms with E-state index in [4.69, 9.17) is 0 Å². The molecule has 4 rings (SSSR count). The first-order valence-corrected chi connectivity index (χ1v) is 10.6. The number of hydrogen-bond donors (Lipinski definition) is 1. The van der Waals surface area contributed by atoms with E-state index in [9.17, 15) is 5.11 Å². The first kappa shape index (κ1) is 19.6. The van der Waals surface area contributed by atoms with Gasteiger partial charge in [-0.1, -0.05) is 12.1 Å². The monoisotopic (exact) mass is 383 g/mol. The third-order valence-electron chi connectivity index (χ3n) is 6.34. The largest absolute Gasteiger partial charge is 0.396 e. The SMILES string of the molecule is CN1CCC(N2CCN(Cc3ccc(-n4cccn4)cc3)CC2CCO)CC1. The lowest BCUT2D eigenvalue weighted by Gasteiger charge is -2.47. The van der Waals surface area contributed by atoms with Gasteiger partial charge in [0.1, 0.15) is 0 Å². The summed E-state index contributed by atoms with van der Waals surface area (Å²) in [5.74, 6) is 0. The molecular formula is C22H33N5O. The van der Waals surface area contributed by atoms with Crippen LogP contribution in [-0.4, -0.2) is 88.0 Å². The molecule has 0 radical (unpaired) electrons. The number of rotatable bonds is 6. The Bertz CT molecular complexity index is 709. The molecule has 0 amide bonds. The maximum absolute atomic E-state index is 9.61. The second-order valence-corrected chi connectivity index (χ2v) is 8.29. The zero-order valence-electron chi connectivity index (χ0n) is 17.0. The van der Waals surface area contributed by atoms with Gasteiger partial charge in [0.25, 0.3) is 0 Å². The number of aromatic nitrogens is 2. The Morgan fingerprint density at radius 2 is 1.86 bits per heavy atom. The fourth-order valence-corrected chi connectivity index (χ4v) is 4.72. The van der Waals surface area contributed by atoms with Crippen molar-refractivity contribution in [2.75, 3.05) is 46.4 Å². The molecule has 6 nitrogen and oxygen atoms in total. The van der Waals surface area contributed by atoms with Gasteiger partial charge in [0.05, 0.1) is 5.69 Å². The van der Waals surface area contributed by atoms with Crippen molar-refractivity contribution < 1.29 is 5.11 Å². The summed E-state index contributed by atoms with van der Waals surface area (Å²) in [6.07, 6.45) is 7.16. The summed E-state index contributed by atoms with van der Waals surface area (Å²) in [7, 11) is 2.22. The summed E-state index contributed by atoms with van der Waals surface area (Å²) in [5, 5.41) is 13.9. The lowest BCUT2D eigenvalue weighted by Crippen LogP contribution is -2.58. The van der Waals surface area contributed by atoms with Gasteiger partial charge in [-0.15, -0.1) is 0 Å². The van der Waals surface area contributed by atoms with Crippen LogP contribution < -0.4 is 0 Å². The highest BCUT2D eigenvalue weighted by Gasteiger charge is 2.32. The Kier molecular flexibility index (Phi) is 6.42. The number of piperidine rings is 1. The molecule has 2 aliphatic heterocycles. The van der Waals surface area contributed by atoms with Crippen LogP contribution >= 0.6 is 0 Å². The Morgan fingerprint density at radius 1 is 1.07 bits per heavy atom. The highest BCUT2D eigenvalue weighted by atomic mass is 16.3. The Balaban J connectivity index is 1.36. The minimum atomic E-state index is 0.278. The summed E-state index contributed by atoms with van der Waals surface area (Å²) in [5.41, 5.74) is 2.44. The number of hydrogen-bond acceptors (Lipinski definition) is 5. The molecule has 3 heterocycles. The lowest BCUT2D eigenvalue weighted by molar-refractivity contribution is 0.00600. The van der Waals surface area contributed by atoms with Crippen molar-refractivity contribution in [2.45, 2.75) is 37.9 Å². The number of aliphatic hydroxyl groups is 1. The van der Waals surface area contributed by atoms with Crippen LogP contribution in [0, 0.1) is 0 Å². The van der Waals surface area contributed by atoms with Crippen molar-refractivity contribution in [1.29, 1.82) is 0 Å². The van der Waals surface area contributed by atoms with E-state index in [0.717, 1.165) is 38.3 Å². The van der Waals surface area contributed by atoms with Crippen LogP contribution in [0.2, 0.25) is 0 Å². The van der Waals surface area contributed by atoms with E-state index in [1.54, 1.807) is 6.20 Å². The van der Waals surface area contributed by atoms with Crippen molar-refractivity contribution in [2.24, 2.45) is 0 Å². The van der Waals surface area contributed by atoms with E-state index in [0.29, 0.717) is 12.1 Å². The molecule has 2 aromatic rings. The summed E-state index contributed by atoms with van der Waals surface area (Å²) in [6, 6.07) is 11.8. The topological polar surface area (TPSA) is 47.8 Å². The zero-order chi connectivity index (χ0) is 19.3. The molecular weight excluding hydrogens is 350 g/mol. The van der Waals surface area contributed by atoms with Gasteiger partial charge < -0.3 is 10.0 Å². The van der Waals surface area contributed by atoms with Gasteiger partial charge in [-0.3, -0.25) is 9.80 Å². The van der Waals surface area contributed by atoms with Crippen molar-refractivity contribution >= 4 is 0 Å². The van der Waals surface area contributed by atoms with Crippen molar-refractivity contribution in [3.05, 3.63) is 48.3 Å². The first-order valence-electron chi connectivity index (χ1n) is 10.6.